The van der Waals surface area contributed by atoms with Crippen molar-refractivity contribution in [3.8, 4) is 22.6 Å². The molecule has 0 spiro atoms. The van der Waals surface area contributed by atoms with Crippen LogP contribution in [-0.4, -0.2) is 25.0 Å². The van der Waals surface area contributed by atoms with Gasteiger partial charge in [-0.25, -0.2) is 0 Å². The minimum Gasteiger partial charge on any atom is -0.493 e. The first-order valence-electron chi connectivity index (χ1n) is 10.1. The lowest BCUT2D eigenvalue weighted by Crippen LogP contribution is -2.43. The van der Waals surface area contributed by atoms with Crippen molar-refractivity contribution in [1.29, 1.82) is 0 Å². The number of carbonyl (C=O) groups is 2. The van der Waals surface area contributed by atoms with Crippen molar-refractivity contribution >= 4 is 11.8 Å². The highest BCUT2D eigenvalue weighted by Gasteiger charge is 2.09. The molecule has 2 amide bonds. The molecule has 3 aromatic carbocycles. The summed E-state index contributed by atoms with van der Waals surface area (Å²) in [4.78, 5) is 24.3. The standard InChI is InChI=1S/C25H26N2O4/c1-18(2)16-30-23-10-6-9-21(15-23)25(29)27-26-24(28)17-31-22-13-11-20(12-14-22)19-7-4-3-5-8-19/h3-15,18H,16-17H2,1-2H3,(H,26,28)(H,27,29). The number of benzene rings is 3. The minimum atomic E-state index is -0.465. The van der Waals surface area contributed by atoms with Crippen LogP contribution < -0.4 is 20.3 Å². The van der Waals surface area contributed by atoms with Crippen LogP contribution in [0.1, 0.15) is 24.2 Å². The number of rotatable bonds is 8. The predicted molar refractivity (Wildman–Crippen MR) is 120 cm³/mol. The third kappa shape index (κ3) is 6.89. The second kappa shape index (κ2) is 10.8. The summed E-state index contributed by atoms with van der Waals surface area (Å²) in [6.45, 7) is 4.44. The summed E-state index contributed by atoms with van der Waals surface area (Å²) in [6.07, 6.45) is 0. The molecule has 0 aromatic heterocycles. The van der Waals surface area contributed by atoms with Crippen LogP contribution in [0, 0.1) is 5.92 Å². The van der Waals surface area contributed by atoms with Crippen molar-refractivity contribution in [3.05, 3.63) is 84.4 Å². The van der Waals surface area contributed by atoms with E-state index in [1.54, 1.807) is 36.4 Å². The molecule has 3 rings (SSSR count). The molecule has 0 aliphatic heterocycles. The van der Waals surface area contributed by atoms with Crippen LogP contribution in [0.15, 0.2) is 78.9 Å². The molecule has 0 atom stereocenters. The van der Waals surface area contributed by atoms with Crippen LogP contribution in [0.2, 0.25) is 0 Å². The first-order chi connectivity index (χ1) is 15.0. The average Bonchev–Trinajstić information content (AvgIpc) is 2.81. The van der Waals surface area contributed by atoms with Gasteiger partial charge in [0.25, 0.3) is 11.8 Å². The molecular weight excluding hydrogens is 392 g/mol. The first-order valence-corrected chi connectivity index (χ1v) is 10.1. The second-order valence-corrected chi connectivity index (χ2v) is 7.41. The van der Waals surface area contributed by atoms with Gasteiger partial charge in [-0.2, -0.15) is 0 Å². The molecule has 0 bridgehead atoms. The molecule has 0 saturated carbocycles. The summed E-state index contributed by atoms with van der Waals surface area (Å²) in [5.41, 5.74) is 7.29. The molecule has 0 aliphatic rings. The normalized spacial score (nSPS) is 10.4. The van der Waals surface area contributed by atoms with E-state index in [2.05, 4.69) is 10.9 Å². The highest BCUT2D eigenvalue weighted by Crippen LogP contribution is 2.22. The minimum absolute atomic E-state index is 0.220. The maximum Gasteiger partial charge on any atom is 0.276 e. The van der Waals surface area contributed by atoms with Crippen molar-refractivity contribution in [3.63, 3.8) is 0 Å². The van der Waals surface area contributed by atoms with Crippen LogP contribution in [-0.2, 0) is 4.79 Å². The topological polar surface area (TPSA) is 76.7 Å². The lowest BCUT2D eigenvalue weighted by atomic mass is 10.1. The lowest BCUT2D eigenvalue weighted by molar-refractivity contribution is -0.123. The molecule has 6 nitrogen and oxygen atoms in total. The number of carbonyl (C=O) groups excluding carboxylic acids is 2. The van der Waals surface area contributed by atoms with Gasteiger partial charge in [0.15, 0.2) is 6.61 Å². The van der Waals surface area contributed by atoms with Gasteiger partial charge in [0.05, 0.1) is 6.61 Å². The molecule has 3 aromatic rings. The Labute approximate surface area is 182 Å². The zero-order valence-corrected chi connectivity index (χ0v) is 17.6. The van der Waals surface area contributed by atoms with E-state index in [9.17, 15) is 9.59 Å². The molecule has 0 unspecified atom stereocenters. The summed E-state index contributed by atoms with van der Waals surface area (Å²) in [7, 11) is 0. The fourth-order valence-electron chi connectivity index (χ4n) is 2.75. The fraction of sp³-hybridized carbons (Fsp3) is 0.200. The fourth-order valence-corrected chi connectivity index (χ4v) is 2.75. The zero-order chi connectivity index (χ0) is 22.1. The van der Waals surface area contributed by atoms with E-state index in [1.807, 2.05) is 56.3 Å². The quantitative estimate of drug-likeness (QED) is 0.537. The molecule has 160 valence electrons. The van der Waals surface area contributed by atoms with Crippen LogP contribution in [0.3, 0.4) is 0 Å². The van der Waals surface area contributed by atoms with Crippen LogP contribution in [0.25, 0.3) is 11.1 Å². The Balaban J connectivity index is 1.45. The number of hydrogen-bond donors (Lipinski definition) is 2. The van der Waals surface area contributed by atoms with E-state index in [0.717, 1.165) is 11.1 Å². The van der Waals surface area contributed by atoms with E-state index >= 15 is 0 Å². The smallest absolute Gasteiger partial charge is 0.276 e. The molecule has 0 aliphatic carbocycles. The first kappa shape index (κ1) is 21.9. The van der Waals surface area contributed by atoms with Gasteiger partial charge >= 0.3 is 0 Å². The summed E-state index contributed by atoms with van der Waals surface area (Å²) < 4.78 is 11.1. The van der Waals surface area contributed by atoms with Gasteiger partial charge < -0.3 is 9.47 Å². The number of hydrogen-bond acceptors (Lipinski definition) is 4. The van der Waals surface area contributed by atoms with E-state index in [0.29, 0.717) is 29.6 Å². The highest BCUT2D eigenvalue weighted by atomic mass is 16.5. The van der Waals surface area contributed by atoms with E-state index in [-0.39, 0.29) is 6.61 Å². The Bertz CT molecular complexity index is 1000. The molecule has 0 fully saturated rings. The van der Waals surface area contributed by atoms with Crippen LogP contribution >= 0.6 is 0 Å². The molecule has 0 saturated heterocycles. The molecule has 2 N–H and O–H groups in total. The number of ether oxygens (including phenoxy) is 2. The largest absolute Gasteiger partial charge is 0.493 e. The van der Waals surface area contributed by atoms with Crippen molar-refractivity contribution < 1.29 is 19.1 Å². The van der Waals surface area contributed by atoms with Crippen molar-refractivity contribution in [2.45, 2.75) is 13.8 Å². The monoisotopic (exact) mass is 418 g/mol. The average molecular weight is 418 g/mol. The summed E-state index contributed by atoms with van der Waals surface area (Å²) in [5, 5.41) is 0. The van der Waals surface area contributed by atoms with Crippen molar-refractivity contribution in [2.75, 3.05) is 13.2 Å². The summed E-state index contributed by atoms with van der Waals surface area (Å²) in [5.74, 6) is 0.653. The Morgan fingerprint density at radius 2 is 1.48 bits per heavy atom. The molecular formula is C25H26N2O4. The summed E-state index contributed by atoms with van der Waals surface area (Å²) >= 11 is 0. The Morgan fingerprint density at radius 3 is 2.19 bits per heavy atom. The van der Waals surface area contributed by atoms with Gasteiger partial charge in [0.1, 0.15) is 11.5 Å². The third-order valence-corrected chi connectivity index (χ3v) is 4.33. The van der Waals surface area contributed by atoms with Crippen molar-refractivity contribution in [2.24, 2.45) is 5.92 Å². The molecule has 6 heteroatoms. The van der Waals surface area contributed by atoms with Gasteiger partial charge in [-0.05, 0) is 47.4 Å². The van der Waals surface area contributed by atoms with Gasteiger partial charge in [-0.1, -0.05) is 62.4 Å². The van der Waals surface area contributed by atoms with E-state index in [4.69, 9.17) is 9.47 Å². The lowest BCUT2D eigenvalue weighted by Gasteiger charge is -2.11. The molecule has 0 heterocycles. The molecule has 31 heavy (non-hydrogen) atoms. The predicted octanol–water partition coefficient (Wildman–Crippen LogP) is 4.23. The molecule has 0 radical (unpaired) electrons. The number of nitrogens with one attached hydrogen (secondary N) is 2. The maximum absolute atomic E-state index is 12.3. The Hall–Kier alpha value is -3.80. The van der Waals surface area contributed by atoms with Gasteiger partial charge in [-0.15, -0.1) is 0 Å². The Kier molecular flexibility index (Phi) is 7.65. The van der Waals surface area contributed by atoms with Crippen molar-refractivity contribution in [1.82, 2.24) is 10.9 Å². The van der Waals surface area contributed by atoms with E-state index < -0.39 is 11.8 Å². The highest BCUT2D eigenvalue weighted by molar-refractivity contribution is 5.95. The van der Waals surface area contributed by atoms with E-state index in [1.165, 1.54) is 0 Å². The third-order valence-electron chi connectivity index (χ3n) is 4.33. The van der Waals surface area contributed by atoms with Gasteiger partial charge in [-0.3, -0.25) is 20.4 Å². The Morgan fingerprint density at radius 1 is 0.774 bits per heavy atom. The second-order valence-electron chi connectivity index (χ2n) is 7.41. The van der Waals surface area contributed by atoms with Gasteiger partial charge in [0.2, 0.25) is 0 Å². The van der Waals surface area contributed by atoms with Gasteiger partial charge in [0, 0.05) is 5.56 Å². The summed E-state index contributed by atoms with van der Waals surface area (Å²) in [6, 6.07) is 24.2. The maximum atomic E-state index is 12.3. The number of amides is 2. The zero-order valence-electron chi connectivity index (χ0n) is 17.6. The number of hydrazine groups is 1. The SMILES string of the molecule is CC(C)COc1cccc(C(=O)NNC(=O)COc2ccc(-c3ccccc3)cc2)c1. The van der Waals surface area contributed by atoms with Crippen LogP contribution in [0.4, 0.5) is 0 Å². The van der Waals surface area contributed by atoms with Crippen LogP contribution in [0.5, 0.6) is 11.5 Å².